The summed E-state index contributed by atoms with van der Waals surface area (Å²) in [4.78, 5) is 23.4. The van der Waals surface area contributed by atoms with Crippen molar-refractivity contribution in [3.8, 4) is 0 Å². The SMILES string of the molecule is NC(=O)[C@H]1CCN(c2nc(Nc3cc(C4CC4)[nH]n3)c3sc4ccccc4c3n2)C1. The zero-order valence-electron chi connectivity index (χ0n) is 16.3. The van der Waals surface area contributed by atoms with Crippen molar-refractivity contribution in [1.29, 1.82) is 0 Å². The molecule has 2 fully saturated rings. The van der Waals surface area contributed by atoms with Gasteiger partial charge in [0.2, 0.25) is 11.9 Å². The van der Waals surface area contributed by atoms with Crippen LogP contribution in [0.1, 0.15) is 30.9 Å². The van der Waals surface area contributed by atoms with Crippen LogP contribution >= 0.6 is 11.3 Å². The van der Waals surface area contributed by atoms with Gasteiger partial charge in [-0.1, -0.05) is 18.2 Å². The molecule has 2 aliphatic rings. The fourth-order valence-electron chi connectivity index (χ4n) is 4.10. The predicted octanol–water partition coefficient (Wildman–Crippen LogP) is 3.50. The molecular weight excluding hydrogens is 398 g/mol. The van der Waals surface area contributed by atoms with Gasteiger partial charge in [-0.05, 0) is 25.3 Å². The second-order valence-corrected chi connectivity index (χ2v) is 9.14. The Morgan fingerprint density at radius 1 is 1.23 bits per heavy atom. The summed E-state index contributed by atoms with van der Waals surface area (Å²) >= 11 is 1.67. The highest BCUT2D eigenvalue weighted by molar-refractivity contribution is 7.26. The molecule has 6 rings (SSSR count). The van der Waals surface area contributed by atoms with E-state index in [1.54, 1.807) is 11.3 Å². The Hall–Kier alpha value is -3.20. The van der Waals surface area contributed by atoms with Gasteiger partial charge in [-0.2, -0.15) is 10.1 Å². The molecule has 1 amide bonds. The summed E-state index contributed by atoms with van der Waals surface area (Å²) in [6.45, 7) is 1.27. The molecule has 1 atom stereocenters. The monoisotopic (exact) mass is 419 g/mol. The summed E-state index contributed by atoms with van der Waals surface area (Å²) in [7, 11) is 0. The minimum absolute atomic E-state index is 0.160. The van der Waals surface area contributed by atoms with Crippen molar-refractivity contribution in [3.05, 3.63) is 36.0 Å². The average molecular weight is 420 g/mol. The number of thiophene rings is 1. The number of aromatic nitrogens is 4. The minimum atomic E-state index is -0.262. The first-order valence-corrected chi connectivity index (χ1v) is 11.0. The minimum Gasteiger partial charge on any atom is -0.369 e. The third-order valence-corrected chi connectivity index (χ3v) is 7.11. The largest absolute Gasteiger partial charge is 0.369 e. The molecule has 9 heteroatoms. The molecule has 1 saturated heterocycles. The molecule has 3 aromatic heterocycles. The first-order valence-electron chi connectivity index (χ1n) is 10.2. The van der Waals surface area contributed by atoms with E-state index in [2.05, 4.69) is 33.7 Å². The van der Waals surface area contributed by atoms with E-state index in [9.17, 15) is 4.79 Å². The number of amides is 1. The molecule has 8 nitrogen and oxygen atoms in total. The van der Waals surface area contributed by atoms with E-state index in [4.69, 9.17) is 15.7 Å². The first-order chi connectivity index (χ1) is 14.7. The summed E-state index contributed by atoms with van der Waals surface area (Å²) in [5.74, 6) is 2.31. The standard InChI is InChI=1S/C21H21N7OS/c22-19(29)12-7-8-28(10-12)21-24-17-13-3-1-2-4-15(13)30-18(17)20(25-21)23-16-9-14(26-27-16)11-5-6-11/h1-4,9,11-12H,5-8,10H2,(H2,22,29)(H2,23,24,25,26,27)/t12-/m0/s1. The quantitative estimate of drug-likeness (QED) is 0.456. The number of rotatable bonds is 5. The number of anilines is 3. The van der Waals surface area contributed by atoms with Crippen LogP contribution in [0.15, 0.2) is 30.3 Å². The molecule has 0 spiro atoms. The van der Waals surface area contributed by atoms with Crippen LogP contribution in [0, 0.1) is 5.92 Å². The number of hydrogen-bond acceptors (Lipinski definition) is 7. The number of aromatic amines is 1. The number of nitrogens with two attached hydrogens (primary N) is 1. The second kappa shape index (κ2) is 6.66. The maximum absolute atomic E-state index is 11.6. The molecule has 0 bridgehead atoms. The Kier molecular flexibility index (Phi) is 3.92. The number of carbonyl (C=O) groups excluding carboxylic acids is 1. The van der Waals surface area contributed by atoms with Gasteiger partial charge in [-0.25, -0.2) is 4.98 Å². The van der Waals surface area contributed by atoms with E-state index >= 15 is 0 Å². The number of H-pyrrole nitrogens is 1. The normalized spacial score (nSPS) is 19.1. The fraction of sp³-hybridized carbons (Fsp3) is 0.333. The van der Waals surface area contributed by atoms with Crippen LogP contribution in [0.3, 0.4) is 0 Å². The van der Waals surface area contributed by atoms with Crippen molar-refractivity contribution in [2.45, 2.75) is 25.2 Å². The van der Waals surface area contributed by atoms with E-state index in [1.807, 2.05) is 17.0 Å². The first kappa shape index (κ1) is 17.6. The lowest BCUT2D eigenvalue weighted by atomic mass is 10.1. The van der Waals surface area contributed by atoms with Gasteiger partial charge in [0.1, 0.15) is 0 Å². The summed E-state index contributed by atoms with van der Waals surface area (Å²) in [6.07, 6.45) is 3.17. The molecule has 0 unspecified atom stereocenters. The fourth-order valence-corrected chi connectivity index (χ4v) is 5.19. The van der Waals surface area contributed by atoms with Gasteiger partial charge in [-0.3, -0.25) is 9.89 Å². The summed E-state index contributed by atoms with van der Waals surface area (Å²) < 4.78 is 2.17. The zero-order valence-corrected chi connectivity index (χ0v) is 17.1. The van der Waals surface area contributed by atoms with E-state index in [1.165, 1.54) is 23.2 Å². The Morgan fingerprint density at radius 3 is 2.90 bits per heavy atom. The van der Waals surface area contributed by atoms with Crippen LogP contribution in [0.5, 0.6) is 0 Å². The van der Waals surface area contributed by atoms with Gasteiger partial charge in [0.15, 0.2) is 11.6 Å². The van der Waals surface area contributed by atoms with Gasteiger partial charge >= 0.3 is 0 Å². The Labute approximate surface area is 176 Å². The molecular formula is C21H21N7OS. The highest BCUT2D eigenvalue weighted by Gasteiger charge is 2.29. The molecule has 1 aliphatic carbocycles. The molecule has 1 aromatic carbocycles. The van der Waals surface area contributed by atoms with Gasteiger partial charge < -0.3 is 16.0 Å². The van der Waals surface area contributed by atoms with Gasteiger partial charge in [0.25, 0.3) is 0 Å². The number of primary amides is 1. The van der Waals surface area contributed by atoms with E-state index in [-0.39, 0.29) is 11.8 Å². The molecule has 1 aliphatic heterocycles. The zero-order chi connectivity index (χ0) is 20.2. The molecule has 1 saturated carbocycles. The molecule has 4 aromatic rings. The molecule has 0 radical (unpaired) electrons. The smallest absolute Gasteiger partial charge is 0.228 e. The van der Waals surface area contributed by atoms with Crippen LogP contribution in [0.4, 0.5) is 17.6 Å². The molecule has 4 N–H and O–H groups in total. The Morgan fingerprint density at radius 2 is 2.10 bits per heavy atom. The highest BCUT2D eigenvalue weighted by atomic mass is 32.1. The van der Waals surface area contributed by atoms with Crippen LogP contribution in [0.25, 0.3) is 20.3 Å². The molecule has 152 valence electrons. The van der Waals surface area contributed by atoms with Crippen molar-refractivity contribution >= 4 is 55.1 Å². The topological polar surface area (TPSA) is 113 Å². The van der Waals surface area contributed by atoms with Gasteiger partial charge in [-0.15, -0.1) is 11.3 Å². The maximum atomic E-state index is 11.6. The van der Waals surface area contributed by atoms with Crippen LogP contribution in [-0.2, 0) is 4.79 Å². The third kappa shape index (κ3) is 2.97. The number of nitrogens with one attached hydrogen (secondary N) is 2. The summed E-state index contributed by atoms with van der Waals surface area (Å²) in [5.41, 5.74) is 7.61. The maximum Gasteiger partial charge on any atom is 0.228 e. The predicted molar refractivity (Wildman–Crippen MR) is 118 cm³/mol. The number of benzene rings is 1. The number of nitrogens with zero attached hydrogens (tertiary/aromatic N) is 4. The summed E-state index contributed by atoms with van der Waals surface area (Å²) in [5, 5.41) is 12.1. The Balaban J connectivity index is 1.44. The third-order valence-electron chi connectivity index (χ3n) is 5.94. The van der Waals surface area contributed by atoms with Crippen LogP contribution < -0.4 is 16.0 Å². The molecule has 30 heavy (non-hydrogen) atoms. The number of carbonyl (C=O) groups is 1. The van der Waals surface area contributed by atoms with E-state index < -0.39 is 0 Å². The lowest BCUT2D eigenvalue weighted by Gasteiger charge is -2.17. The van der Waals surface area contributed by atoms with Crippen molar-refractivity contribution in [1.82, 2.24) is 20.2 Å². The average Bonchev–Trinajstić information content (AvgIpc) is 3.16. The highest BCUT2D eigenvalue weighted by Crippen LogP contribution is 2.41. The lowest BCUT2D eigenvalue weighted by molar-refractivity contribution is -0.121. The van der Waals surface area contributed by atoms with Crippen LogP contribution in [0.2, 0.25) is 0 Å². The second-order valence-electron chi connectivity index (χ2n) is 8.09. The van der Waals surface area contributed by atoms with E-state index in [0.717, 1.165) is 40.2 Å². The van der Waals surface area contributed by atoms with Crippen molar-refractivity contribution < 1.29 is 4.79 Å². The van der Waals surface area contributed by atoms with Crippen LogP contribution in [-0.4, -0.2) is 39.2 Å². The van der Waals surface area contributed by atoms with E-state index in [0.29, 0.717) is 18.4 Å². The Bertz CT molecular complexity index is 1280. The number of fused-ring (bicyclic) bond motifs is 3. The van der Waals surface area contributed by atoms with Crippen molar-refractivity contribution in [2.75, 3.05) is 23.3 Å². The van der Waals surface area contributed by atoms with Gasteiger partial charge in [0.05, 0.1) is 16.1 Å². The molecule has 4 heterocycles. The van der Waals surface area contributed by atoms with Gasteiger partial charge in [0, 0.05) is 40.9 Å². The number of hydrogen-bond donors (Lipinski definition) is 3. The van der Waals surface area contributed by atoms with Crippen molar-refractivity contribution in [3.63, 3.8) is 0 Å². The summed E-state index contributed by atoms with van der Waals surface area (Å²) in [6, 6.07) is 10.3. The lowest BCUT2D eigenvalue weighted by Crippen LogP contribution is -2.28. The van der Waals surface area contributed by atoms with Crippen molar-refractivity contribution in [2.24, 2.45) is 11.7 Å².